The Morgan fingerprint density at radius 3 is 1.78 bits per heavy atom. The average molecular weight is 259 g/mol. The van der Waals surface area contributed by atoms with Crippen molar-refractivity contribution in [3.63, 3.8) is 0 Å². The van der Waals surface area contributed by atoms with Crippen molar-refractivity contribution in [3.8, 4) is 0 Å². The lowest BCUT2D eigenvalue weighted by atomic mass is 10.2. The molecule has 0 saturated heterocycles. The van der Waals surface area contributed by atoms with Crippen LogP contribution in [0.5, 0.6) is 0 Å². The largest absolute Gasteiger partial charge is 0.276 e. The van der Waals surface area contributed by atoms with Gasteiger partial charge < -0.3 is 0 Å². The van der Waals surface area contributed by atoms with E-state index in [1.807, 2.05) is 31.2 Å². The van der Waals surface area contributed by atoms with E-state index in [0.717, 1.165) is 5.69 Å². The predicted molar refractivity (Wildman–Crippen MR) is 72.0 cm³/mol. The number of hydrogen-bond donors (Lipinski definition) is 0. The fourth-order valence-corrected chi connectivity index (χ4v) is 1.51. The molecule has 0 aliphatic rings. The van der Waals surface area contributed by atoms with Gasteiger partial charge in [0.15, 0.2) is 0 Å². The van der Waals surface area contributed by atoms with Gasteiger partial charge in [0, 0.05) is 5.56 Å². The van der Waals surface area contributed by atoms with Gasteiger partial charge in [-0.3, -0.25) is 4.79 Å². The third-order valence-corrected chi connectivity index (χ3v) is 2.63. The van der Waals surface area contributed by atoms with Gasteiger partial charge in [-0.05, 0) is 54.9 Å². The van der Waals surface area contributed by atoms with Crippen molar-refractivity contribution < 1.29 is 4.79 Å². The molecule has 0 amide bonds. The Labute approximate surface area is 110 Å². The zero-order chi connectivity index (χ0) is 13.0. The zero-order valence-corrected chi connectivity index (χ0v) is 10.6. The molecule has 0 unspecified atom stereocenters. The van der Waals surface area contributed by atoms with E-state index in [1.165, 1.54) is 5.56 Å². The summed E-state index contributed by atoms with van der Waals surface area (Å²) in [6.45, 7) is 2.02. The second-order valence-corrected chi connectivity index (χ2v) is 4.20. The van der Waals surface area contributed by atoms with Crippen molar-refractivity contribution in [1.82, 2.24) is 0 Å². The fraction of sp³-hybridized carbons (Fsp3) is 0.0714. The molecule has 0 aliphatic carbocycles. The van der Waals surface area contributed by atoms with Crippen LogP contribution in [0, 0.1) is 6.92 Å². The molecule has 2 aromatic carbocycles. The van der Waals surface area contributed by atoms with Crippen LogP contribution in [0.4, 0.5) is 11.4 Å². The number of azo groups is 1. The minimum Gasteiger partial charge on any atom is -0.276 e. The molecule has 0 fully saturated rings. The van der Waals surface area contributed by atoms with E-state index >= 15 is 0 Å². The van der Waals surface area contributed by atoms with Crippen LogP contribution in [0.3, 0.4) is 0 Å². The van der Waals surface area contributed by atoms with E-state index in [-0.39, 0.29) is 0 Å². The van der Waals surface area contributed by atoms with Gasteiger partial charge in [-0.15, -0.1) is 0 Å². The van der Waals surface area contributed by atoms with E-state index in [1.54, 1.807) is 24.3 Å². The van der Waals surface area contributed by atoms with E-state index in [0.29, 0.717) is 11.3 Å². The first-order valence-corrected chi connectivity index (χ1v) is 5.81. The lowest BCUT2D eigenvalue weighted by Gasteiger charge is -1.96. The molecule has 2 aromatic rings. The summed E-state index contributed by atoms with van der Waals surface area (Å²) in [5.74, 6) is 0. The van der Waals surface area contributed by atoms with Crippen LogP contribution in [0.1, 0.15) is 15.9 Å². The first kappa shape index (κ1) is 12.5. The number of benzene rings is 2. The molecule has 0 saturated carbocycles. The van der Waals surface area contributed by atoms with Crippen LogP contribution >= 0.6 is 11.6 Å². The van der Waals surface area contributed by atoms with Crippen molar-refractivity contribution >= 4 is 28.2 Å². The standard InChI is InChI=1S/C14H11ClN2O/c1-10-2-6-12(7-3-10)16-17-13-8-4-11(5-9-13)14(15)18/h2-9H,1H3. The summed E-state index contributed by atoms with van der Waals surface area (Å²) in [7, 11) is 0. The summed E-state index contributed by atoms with van der Waals surface area (Å²) < 4.78 is 0. The Kier molecular flexibility index (Phi) is 3.85. The maximum atomic E-state index is 10.9. The highest BCUT2D eigenvalue weighted by Crippen LogP contribution is 2.19. The van der Waals surface area contributed by atoms with Crippen molar-refractivity contribution in [2.75, 3.05) is 0 Å². The Bertz CT molecular complexity index is 574. The molecule has 2 rings (SSSR count). The SMILES string of the molecule is Cc1ccc(N=Nc2ccc(C(=O)Cl)cc2)cc1. The summed E-state index contributed by atoms with van der Waals surface area (Å²) in [5.41, 5.74) is 3.10. The molecule has 0 radical (unpaired) electrons. The van der Waals surface area contributed by atoms with Crippen LogP contribution in [0.25, 0.3) is 0 Å². The summed E-state index contributed by atoms with van der Waals surface area (Å²) in [6.07, 6.45) is 0. The number of rotatable bonds is 3. The molecule has 18 heavy (non-hydrogen) atoms. The van der Waals surface area contributed by atoms with E-state index in [4.69, 9.17) is 11.6 Å². The second kappa shape index (κ2) is 5.56. The highest BCUT2D eigenvalue weighted by Gasteiger charge is 2.00. The number of halogens is 1. The first-order valence-electron chi connectivity index (χ1n) is 5.43. The highest BCUT2D eigenvalue weighted by molar-refractivity contribution is 6.67. The molecule has 0 aromatic heterocycles. The molecule has 0 N–H and O–H groups in total. The topological polar surface area (TPSA) is 41.8 Å². The van der Waals surface area contributed by atoms with E-state index in [9.17, 15) is 4.79 Å². The predicted octanol–water partition coefficient (Wildman–Crippen LogP) is 4.79. The molecule has 3 nitrogen and oxygen atoms in total. The normalized spacial score (nSPS) is 10.8. The lowest BCUT2D eigenvalue weighted by molar-refractivity contribution is 0.108. The van der Waals surface area contributed by atoms with Crippen molar-refractivity contribution in [2.45, 2.75) is 6.92 Å². The first-order chi connectivity index (χ1) is 8.65. The Morgan fingerprint density at radius 2 is 1.33 bits per heavy atom. The molecular weight excluding hydrogens is 248 g/mol. The maximum absolute atomic E-state index is 10.9. The van der Waals surface area contributed by atoms with Crippen LogP contribution in [0.15, 0.2) is 58.8 Å². The quantitative estimate of drug-likeness (QED) is 0.576. The Hall–Kier alpha value is -2.00. The van der Waals surface area contributed by atoms with Crippen LogP contribution in [-0.2, 0) is 0 Å². The van der Waals surface area contributed by atoms with Crippen molar-refractivity contribution in [3.05, 3.63) is 59.7 Å². The molecule has 0 aliphatic heterocycles. The van der Waals surface area contributed by atoms with Crippen LogP contribution in [-0.4, -0.2) is 5.24 Å². The molecule has 0 spiro atoms. The summed E-state index contributed by atoms with van der Waals surface area (Å²) in [6, 6.07) is 14.4. The van der Waals surface area contributed by atoms with Crippen LogP contribution < -0.4 is 0 Å². The van der Waals surface area contributed by atoms with Gasteiger partial charge in [0.25, 0.3) is 5.24 Å². The molecular formula is C14H11ClN2O. The number of carbonyl (C=O) groups excluding carboxylic acids is 1. The van der Waals surface area contributed by atoms with Gasteiger partial charge in [0.1, 0.15) is 0 Å². The van der Waals surface area contributed by atoms with E-state index < -0.39 is 5.24 Å². The molecule has 0 atom stereocenters. The van der Waals surface area contributed by atoms with Crippen LogP contribution in [0.2, 0.25) is 0 Å². The van der Waals surface area contributed by atoms with Crippen molar-refractivity contribution in [2.24, 2.45) is 10.2 Å². The minimum absolute atomic E-state index is 0.450. The molecule has 0 bridgehead atoms. The number of nitrogens with zero attached hydrogens (tertiary/aromatic N) is 2. The van der Waals surface area contributed by atoms with Gasteiger partial charge in [-0.2, -0.15) is 10.2 Å². The smallest absolute Gasteiger partial charge is 0.252 e. The van der Waals surface area contributed by atoms with Gasteiger partial charge >= 0.3 is 0 Å². The third-order valence-electron chi connectivity index (χ3n) is 2.41. The van der Waals surface area contributed by atoms with Crippen molar-refractivity contribution in [1.29, 1.82) is 0 Å². The third kappa shape index (κ3) is 3.25. The monoisotopic (exact) mass is 258 g/mol. The number of carbonyl (C=O) groups is 1. The number of hydrogen-bond acceptors (Lipinski definition) is 3. The lowest BCUT2D eigenvalue weighted by Crippen LogP contribution is -1.85. The fourth-order valence-electron chi connectivity index (χ4n) is 1.39. The second-order valence-electron chi connectivity index (χ2n) is 3.86. The van der Waals surface area contributed by atoms with Gasteiger partial charge in [0.2, 0.25) is 0 Å². The molecule has 4 heteroatoms. The van der Waals surface area contributed by atoms with Gasteiger partial charge in [-0.1, -0.05) is 17.7 Å². The highest BCUT2D eigenvalue weighted by atomic mass is 35.5. The summed E-state index contributed by atoms with van der Waals surface area (Å²) in [4.78, 5) is 10.9. The Morgan fingerprint density at radius 1 is 0.889 bits per heavy atom. The minimum atomic E-state index is -0.475. The van der Waals surface area contributed by atoms with Gasteiger partial charge in [0.05, 0.1) is 11.4 Å². The number of aryl methyl sites for hydroxylation is 1. The summed E-state index contributed by atoms with van der Waals surface area (Å²) in [5, 5.41) is 7.70. The average Bonchev–Trinajstić information content (AvgIpc) is 2.38. The van der Waals surface area contributed by atoms with E-state index in [2.05, 4.69) is 10.2 Å². The maximum Gasteiger partial charge on any atom is 0.252 e. The summed E-state index contributed by atoms with van der Waals surface area (Å²) >= 11 is 5.35. The van der Waals surface area contributed by atoms with Gasteiger partial charge in [-0.25, -0.2) is 0 Å². The molecule has 0 heterocycles. The Balaban J connectivity index is 2.13. The zero-order valence-electron chi connectivity index (χ0n) is 9.80. The molecule has 90 valence electrons.